The number of amides is 1. The molecule has 18 heavy (non-hydrogen) atoms. The lowest BCUT2D eigenvalue weighted by atomic mass is 10.2. The Morgan fingerprint density at radius 2 is 2.22 bits per heavy atom. The van der Waals surface area contributed by atoms with Crippen LogP contribution in [0.4, 0.5) is 17.1 Å². The molecule has 0 heterocycles. The zero-order valence-corrected chi connectivity index (χ0v) is 10.7. The number of hydrogen-bond acceptors (Lipinski definition) is 4. The lowest BCUT2D eigenvalue weighted by Gasteiger charge is -2.15. The monoisotopic (exact) mass is 249 g/mol. The SMILES string of the molecule is C=CC(=O)Nc1cc(N)c(OC)cc1NCCC. The summed E-state index contributed by atoms with van der Waals surface area (Å²) in [6.45, 7) is 6.27. The molecule has 0 atom stereocenters. The van der Waals surface area contributed by atoms with Crippen LogP contribution >= 0.6 is 0 Å². The van der Waals surface area contributed by atoms with Crippen molar-refractivity contribution in [1.82, 2.24) is 0 Å². The van der Waals surface area contributed by atoms with Crippen molar-refractivity contribution in [2.45, 2.75) is 13.3 Å². The lowest BCUT2D eigenvalue weighted by molar-refractivity contribution is -0.111. The first-order valence-electron chi connectivity index (χ1n) is 5.77. The molecule has 4 N–H and O–H groups in total. The summed E-state index contributed by atoms with van der Waals surface area (Å²) in [4.78, 5) is 11.3. The van der Waals surface area contributed by atoms with Crippen LogP contribution in [0.1, 0.15) is 13.3 Å². The zero-order chi connectivity index (χ0) is 13.5. The van der Waals surface area contributed by atoms with Gasteiger partial charge in [-0.2, -0.15) is 0 Å². The van der Waals surface area contributed by atoms with Crippen LogP contribution in [0.25, 0.3) is 0 Å². The van der Waals surface area contributed by atoms with Gasteiger partial charge in [-0.1, -0.05) is 13.5 Å². The van der Waals surface area contributed by atoms with E-state index in [0.29, 0.717) is 17.1 Å². The molecule has 0 aliphatic rings. The van der Waals surface area contributed by atoms with E-state index in [1.165, 1.54) is 6.08 Å². The molecule has 5 nitrogen and oxygen atoms in total. The van der Waals surface area contributed by atoms with Gasteiger partial charge in [-0.05, 0) is 18.6 Å². The van der Waals surface area contributed by atoms with Crippen LogP contribution in [0.5, 0.6) is 5.75 Å². The van der Waals surface area contributed by atoms with Gasteiger partial charge < -0.3 is 21.1 Å². The van der Waals surface area contributed by atoms with Gasteiger partial charge >= 0.3 is 0 Å². The number of rotatable bonds is 6. The van der Waals surface area contributed by atoms with Crippen molar-refractivity contribution in [2.24, 2.45) is 0 Å². The highest BCUT2D eigenvalue weighted by Crippen LogP contribution is 2.33. The Kier molecular flexibility index (Phi) is 5.05. The van der Waals surface area contributed by atoms with Crippen molar-refractivity contribution < 1.29 is 9.53 Å². The van der Waals surface area contributed by atoms with Crippen molar-refractivity contribution in [3.05, 3.63) is 24.8 Å². The smallest absolute Gasteiger partial charge is 0.247 e. The van der Waals surface area contributed by atoms with Crippen molar-refractivity contribution in [3.63, 3.8) is 0 Å². The number of benzene rings is 1. The topological polar surface area (TPSA) is 76.4 Å². The highest BCUT2D eigenvalue weighted by atomic mass is 16.5. The molecule has 0 spiro atoms. The van der Waals surface area contributed by atoms with Crippen LogP contribution in [0.3, 0.4) is 0 Å². The van der Waals surface area contributed by atoms with E-state index in [-0.39, 0.29) is 5.91 Å². The maximum atomic E-state index is 11.3. The number of carbonyl (C=O) groups excluding carboxylic acids is 1. The van der Waals surface area contributed by atoms with Gasteiger partial charge in [0.1, 0.15) is 5.75 Å². The van der Waals surface area contributed by atoms with Gasteiger partial charge in [0.2, 0.25) is 5.91 Å². The second-order valence-corrected chi connectivity index (χ2v) is 3.76. The predicted molar refractivity (Wildman–Crippen MR) is 75.0 cm³/mol. The Labute approximate surface area is 107 Å². The number of carbonyl (C=O) groups is 1. The van der Waals surface area contributed by atoms with Gasteiger partial charge in [0, 0.05) is 12.6 Å². The van der Waals surface area contributed by atoms with Crippen molar-refractivity contribution in [2.75, 3.05) is 30.0 Å². The molecule has 1 aromatic rings. The minimum Gasteiger partial charge on any atom is -0.495 e. The quantitative estimate of drug-likeness (QED) is 0.533. The molecule has 0 fully saturated rings. The van der Waals surface area contributed by atoms with E-state index in [2.05, 4.69) is 24.1 Å². The van der Waals surface area contributed by atoms with Gasteiger partial charge in [0.15, 0.2) is 0 Å². The Hall–Kier alpha value is -2.17. The summed E-state index contributed by atoms with van der Waals surface area (Å²) in [6, 6.07) is 3.43. The Morgan fingerprint density at radius 1 is 1.50 bits per heavy atom. The van der Waals surface area contributed by atoms with Gasteiger partial charge in [-0.25, -0.2) is 0 Å². The summed E-state index contributed by atoms with van der Waals surface area (Å²) in [7, 11) is 1.55. The third-order valence-electron chi connectivity index (χ3n) is 2.38. The maximum Gasteiger partial charge on any atom is 0.247 e. The summed E-state index contributed by atoms with van der Waals surface area (Å²) in [6.07, 6.45) is 2.19. The van der Waals surface area contributed by atoms with E-state index >= 15 is 0 Å². The van der Waals surface area contributed by atoms with E-state index in [9.17, 15) is 4.79 Å². The molecular formula is C13H19N3O2. The summed E-state index contributed by atoms with van der Waals surface area (Å²) in [5.74, 6) is 0.296. The average Bonchev–Trinajstić information content (AvgIpc) is 2.37. The fourth-order valence-electron chi connectivity index (χ4n) is 1.47. The van der Waals surface area contributed by atoms with Crippen LogP contribution in [0.15, 0.2) is 24.8 Å². The number of nitrogens with one attached hydrogen (secondary N) is 2. The maximum absolute atomic E-state index is 11.3. The average molecular weight is 249 g/mol. The number of nitrogen functional groups attached to an aromatic ring is 1. The van der Waals surface area contributed by atoms with Gasteiger partial charge in [0.25, 0.3) is 0 Å². The number of anilines is 3. The number of ether oxygens (including phenoxy) is 1. The standard InChI is InChI=1S/C13H19N3O2/c1-4-6-15-10-8-12(18-3)9(14)7-11(10)16-13(17)5-2/h5,7-8,15H,2,4,6,14H2,1,3H3,(H,16,17). The molecule has 0 bridgehead atoms. The molecule has 0 saturated heterocycles. The third-order valence-corrected chi connectivity index (χ3v) is 2.38. The first-order chi connectivity index (χ1) is 8.62. The first kappa shape index (κ1) is 13.9. The van der Waals surface area contributed by atoms with Crippen LogP contribution in [-0.2, 0) is 4.79 Å². The molecule has 0 saturated carbocycles. The molecule has 0 aromatic heterocycles. The van der Waals surface area contributed by atoms with E-state index in [1.807, 2.05) is 0 Å². The zero-order valence-electron chi connectivity index (χ0n) is 10.7. The van der Waals surface area contributed by atoms with Crippen LogP contribution in [0.2, 0.25) is 0 Å². The normalized spacial score (nSPS) is 9.67. The fraction of sp³-hybridized carbons (Fsp3) is 0.308. The predicted octanol–water partition coefficient (Wildman–Crippen LogP) is 2.22. The van der Waals surface area contributed by atoms with Crippen LogP contribution in [-0.4, -0.2) is 19.6 Å². The minimum absolute atomic E-state index is 0.279. The van der Waals surface area contributed by atoms with E-state index < -0.39 is 0 Å². The molecule has 5 heteroatoms. The largest absolute Gasteiger partial charge is 0.495 e. The van der Waals surface area contributed by atoms with Gasteiger partial charge in [-0.15, -0.1) is 0 Å². The molecule has 1 rings (SSSR count). The van der Waals surface area contributed by atoms with Crippen molar-refractivity contribution in [3.8, 4) is 5.75 Å². The summed E-state index contributed by atoms with van der Waals surface area (Å²) in [5.41, 5.74) is 7.68. The van der Waals surface area contributed by atoms with Crippen molar-refractivity contribution in [1.29, 1.82) is 0 Å². The number of methoxy groups -OCH3 is 1. The molecule has 1 aromatic carbocycles. The highest BCUT2D eigenvalue weighted by Gasteiger charge is 2.09. The molecule has 1 amide bonds. The number of nitrogens with two attached hydrogens (primary N) is 1. The Balaban J connectivity index is 3.07. The highest BCUT2D eigenvalue weighted by molar-refractivity contribution is 6.01. The Bertz CT molecular complexity index is 444. The molecule has 0 radical (unpaired) electrons. The van der Waals surface area contributed by atoms with E-state index in [1.54, 1.807) is 19.2 Å². The minimum atomic E-state index is -0.279. The fourth-order valence-corrected chi connectivity index (χ4v) is 1.47. The molecule has 98 valence electrons. The van der Waals surface area contributed by atoms with E-state index in [0.717, 1.165) is 18.7 Å². The molecular weight excluding hydrogens is 230 g/mol. The molecule has 0 aliphatic heterocycles. The molecule has 0 aliphatic carbocycles. The second-order valence-electron chi connectivity index (χ2n) is 3.76. The summed E-state index contributed by atoms with van der Waals surface area (Å²) >= 11 is 0. The van der Waals surface area contributed by atoms with Gasteiger partial charge in [-0.3, -0.25) is 4.79 Å². The van der Waals surface area contributed by atoms with Gasteiger partial charge in [0.05, 0.1) is 24.2 Å². The Morgan fingerprint density at radius 3 is 2.78 bits per heavy atom. The molecule has 0 unspecified atom stereocenters. The number of hydrogen-bond donors (Lipinski definition) is 3. The van der Waals surface area contributed by atoms with E-state index in [4.69, 9.17) is 10.5 Å². The summed E-state index contributed by atoms with van der Waals surface area (Å²) in [5, 5.41) is 5.92. The lowest BCUT2D eigenvalue weighted by Crippen LogP contribution is -2.11. The van der Waals surface area contributed by atoms with Crippen LogP contribution < -0.4 is 21.1 Å². The van der Waals surface area contributed by atoms with Crippen molar-refractivity contribution >= 4 is 23.0 Å². The van der Waals surface area contributed by atoms with Crippen LogP contribution in [0, 0.1) is 0 Å². The summed E-state index contributed by atoms with van der Waals surface area (Å²) < 4.78 is 5.15. The third kappa shape index (κ3) is 3.41. The second kappa shape index (κ2) is 6.54. The first-order valence-corrected chi connectivity index (χ1v) is 5.77.